The van der Waals surface area contributed by atoms with Crippen molar-refractivity contribution in [2.45, 2.75) is 32.6 Å². The van der Waals surface area contributed by atoms with E-state index < -0.39 is 11.5 Å². The molecule has 0 aromatic carbocycles. The summed E-state index contributed by atoms with van der Waals surface area (Å²) in [5.41, 5.74) is 0.865. The lowest BCUT2D eigenvalue weighted by Crippen LogP contribution is -2.13. The number of aromatic amines is 2. The highest BCUT2D eigenvalue weighted by Crippen LogP contribution is 2.40. The number of aromatic nitrogens is 2. The van der Waals surface area contributed by atoms with Crippen molar-refractivity contribution in [1.29, 1.82) is 0 Å². The van der Waals surface area contributed by atoms with Crippen LogP contribution in [0.5, 0.6) is 5.88 Å². The van der Waals surface area contributed by atoms with Crippen molar-refractivity contribution in [3.05, 3.63) is 36.7 Å². The first kappa shape index (κ1) is 17.6. The minimum atomic E-state index is -0.552. The second-order valence-corrected chi connectivity index (χ2v) is 7.03. The van der Waals surface area contributed by atoms with E-state index >= 15 is 0 Å². The number of hydrogen-bond acceptors (Lipinski definition) is 7. The minimum absolute atomic E-state index is 0.0263. The van der Waals surface area contributed by atoms with Crippen LogP contribution in [-0.4, -0.2) is 33.9 Å². The molecule has 0 fully saturated rings. The Balaban J connectivity index is 2.05. The monoisotopic (exact) mass is 379 g/mol. The zero-order valence-electron chi connectivity index (χ0n) is 13.5. The van der Waals surface area contributed by atoms with E-state index in [9.17, 15) is 14.7 Å². The average molecular weight is 379 g/mol. The summed E-state index contributed by atoms with van der Waals surface area (Å²) < 4.78 is 5.19. The number of aromatic hydroxyl groups is 1. The molecular weight excluding hydrogens is 362 g/mol. The maximum atomic E-state index is 12.4. The van der Waals surface area contributed by atoms with Crippen molar-refractivity contribution in [3.8, 4) is 5.88 Å². The third-order valence-corrected chi connectivity index (χ3v) is 5.31. The summed E-state index contributed by atoms with van der Waals surface area (Å²) in [7, 11) is 0. The number of H-pyrrole nitrogens is 2. The maximum absolute atomic E-state index is 12.4. The second kappa shape index (κ2) is 7.32. The van der Waals surface area contributed by atoms with Crippen molar-refractivity contribution >= 4 is 40.7 Å². The van der Waals surface area contributed by atoms with Gasteiger partial charge in [0.25, 0.3) is 5.56 Å². The number of aliphatic imine (C=N–C) groups is 1. The van der Waals surface area contributed by atoms with E-state index in [1.807, 2.05) is 0 Å². The molecule has 25 heavy (non-hydrogen) atoms. The number of fused-ring (bicyclic) bond motifs is 1. The standard InChI is InChI=1S/C16H17N3O4S2/c1-2-23-15(22)11-8-5-3-4-6-10(8)25-14(11)17-7-9-12(20)18-16(24)19-13(9)21/h7H,2-6H2,1H3,(H3,18,19,20,21,24). The highest BCUT2D eigenvalue weighted by Gasteiger charge is 2.26. The smallest absolute Gasteiger partial charge is 0.341 e. The van der Waals surface area contributed by atoms with Gasteiger partial charge in [-0.1, -0.05) is 0 Å². The van der Waals surface area contributed by atoms with Crippen molar-refractivity contribution in [2.75, 3.05) is 6.61 Å². The molecule has 0 radical (unpaired) electrons. The van der Waals surface area contributed by atoms with Crippen LogP contribution < -0.4 is 5.56 Å². The third kappa shape index (κ3) is 3.57. The highest BCUT2D eigenvalue weighted by molar-refractivity contribution is 7.71. The predicted molar refractivity (Wildman–Crippen MR) is 98.1 cm³/mol. The Morgan fingerprint density at radius 3 is 2.88 bits per heavy atom. The first-order chi connectivity index (χ1) is 12.0. The topological polar surface area (TPSA) is 108 Å². The van der Waals surface area contributed by atoms with Crippen LogP contribution in [0.15, 0.2) is 9.79 Å². The van der Waals surface area contributed by atoms with Crippen molar-refractivity contribution in [2.24, 2.45) is 4.99 Å². The number of ether oxygens (including phenoxy) is 1. The van der Waals surface area contributed by atoms with Crippen molar-refractivity contribution < 1.29 is 14.6 Å². The Labute approximate surface area is 152 Å². The number of hydrogen-bond donors (Lipinski definition) is 3. The van der Waals surface area contributed by atoms with Crippen molar-refractivity contribution in [3.63, 3.8) is 0 Å². The van der Waals surface area contributed by atoms with Gasteiger partial charge in [-0.25, -0.2) is 9.79 Å². The summed E-state index contributed by atoms with van der Waals surface area (Å²) in [6.45, 7) is 2.03. The SMILES string of the molecule is CCOC(=O)c1c(N=Cc2c(O)[nH]c(=S)[nH]c2=O)sc2c1CCCC2. The number of rotatable bonds is 4. The summed E-state index contributed by atoms with van der Waals surface area (Å²) in [4.78, 5) is 34.5. The minimum Gasteiger partial charge on any atom is -0.494 e. The molecule has 3 N–H and O–H groups in total. The lowest BCUT2D eigenvalue weighted by Gasteiger charge is -2.11. The lowest BCUT2D eigenvalue weighted by atomic mass is 9.95. The average Bonchev–Trinajstić information content (AvgIpc) is 2.92. The van der Waals surface area contributed by atoms with Gasteiger partial charge in [-0.2, -0.15) is 0 Å². The number of nitrogens with one attached hydrogen (secondary N) is 2. The van der Waals surface area contributed by atoms with Gasteiger partial charge < -0.3 is 14.8 Å². The quantitative estimate of drug-likeness (QED) is 0.430. The van der Waals surface area contributed by atoms with Crippen LogP contribution in [0.25, 0.3) is 0 Å². The summed E-state index contributed by atoms with van der Waals surface area (Å²) >= 11 is 6.22. The number of carbonyl (C=O) groups excluding carboxylic acids is 1. The summed E-state index contributed by atoms with van der Waals surface area (Å²) in [5.74, 6) is -0.767. The predicted octanol–water partition coefficient (Wildman–Crippen LogP) is 3.01. The fourth-order valence-corrected chi connectivity index (χ4v) is 4.19. The third-order valence-electron chi connectivity index (χ3n) is 3.90. The number of thiophene rings is 1. The van der Waals surface area contributed by atoms with E-state index in [4.69, 9.17) is 17.0 Å². The van der Waals surface area contributed by atoms with Gasteiger partial charge in [-0.3, -0.25) is 9.78 Å². The molecule has 0 amide bonds. The van der Waals surface area contributed by atoms with Gasteiger partial charge >= 0.3 is 5.97 Å². The maximum Gasteiger partial charge on any atom is 0.341 e. The fraction of sp³-hybridized carbons (Fsp3) is 0.375. The molecule has 1 aliphatic rings. The molecule has 0 aliphatic heterocycles. The van der Waals surface area contributed by atoms with E-state index in [-0.39, 0.29) is 22.8 Å². The second-order valence-electron chi connectivity index (χ2n) is 5.54. The molecule has 0 saturated carbocycles. The molecule has 0 bridgehead atoms. The van der Waals surface area contributed by atoms with Crippen LogP contribution in [0.3, 0.4) is 0 Å². The molecule has 3 rings (SSSR count). The van der Waals surface area contributed by atoms with E-state index in [1.165, 1.54) is 17.6 Å². The van der Waals surface area contributed by atoms with Gasteiger partial charge in [0.05, 0.1) is 12.2 Å². The van der Waals surface area contributed by atoms with Gasteiger partial charge in [0, 0.05) is 11.1 Å². The molecule has 2 aromatic heterocycles. The normalized spacial score (nSPS) is 13.8. The molecule has 132 valence electrons. The molecule has 9 heteroatoms. The molecule has 0 unspecified atom stereocenters. The highest BCUT2D eigenvalue weighted by atomic mass is 32.1. The Morgan fingerprint density at radius 2 is 2.16 bits per heavy atom. The van der Waals surface area contributed by atoms with E-state index in [2.05, 4.69) is 15.0 Å². The van der Waals surface area contributed by atoms with Crippen LogP contribution in [-0.2, 0) is 17.6 Å². The molecule has 0 saturated heterocycles. The van der Waals surface area contributed by atoms with Crippen LogP contribution in [0.4, 0.5) is 5.00 Å². The summed E-state index contributed by atoms with van der Waals surface area (Å²) in [5, 5.41) is 10.3. The largest absolute Gasteiger partial charge is 0.494 e. The molecule has 1 aliphatic carbocycles. The van der Waals surface area contributed by atoms with Crippen LogP contribution in [0.2, 0.25) is 0 Å². The zero-order valence-corrected chi connectivity index (χ0v) is 15.2. The molecule has 0 atom stereocenters. The van der Waals surface area contributed by atoms with Crippen LogP contribution in [0, 0.1) is 4.77 Å². The van der Waals surface area contributed by atoms with E-state index in [0.717, 1.165) is 36.1 Å². The first-order valence-corrected chi connectivity index (χ1v) is 9.15. The zero-order chi connectivity index (χ0) is 18.0. The molecule has 2 heterocycles. The molecule has 7 nitrogen and oxygen atoms in total. The van der Waals surface area contributed by atoms with Crippen LogP contribution >= 0.6 is 23.6 Å². The van der Waals surface area contributed by atoms with Gasteiger partial charge in [-0.15, -0.1) is 11.3 Å². The molecule has 2 aromatic rings. The van der Waals surface area contributed by atoms with Crippen molar-refractivity contribution in [1.82, 2.24) is 9.97 Å². The Bertz CT molecular complexity index is 955. The van der Waals surface area contributed by atoms with Gasteiger partial charge in [-0.05, 0) is 50.4 Å². The summed E-state index contributed by atoms with van der Waals surface area (Å²) in [6, 6.07) is 0. The number of carbonyl (C=O) groups is 1. The van der Waals surface area contributed by atoms with Crippen LogP contribution in [0.1, 0.15) is 46.1 Å². The Kier molecular flexibility index (Phi) is 5.14. The van der Waals surface area contributed by atoms with E-state index in [1.54, 1.807) is 6.92 Å². The first-order valence-electron chi connectivity index (χ1n) is 7.92. The number of aryl methyl sites for hydroxylation is 1. The lowest BCUT2D eigenvalue weighted by molar-refractivity contribution is 0.0526. The fourth-order valence-electron chi connectivity index (χ4n) is 2.78. The molecular formula is C16H17N3O4S2. The Morgan fingerprint density at radius 1 is 1.40 bits per heavy atom. The Hall–Kier alpha value is -2.26. The van der Waals surface area contributed by atoms with E-state index in [0.29, 0.717) is 10.6 Å². The molecule has 0 spiro atoms. The van der Waals surface area contributed by atoms with Gasteiger partial charge in [0.15, 0.2) is 4.77 Å². The van der Waals surface area contributed by atoms with Gasteiger partial charge in [0.2, 0.25) is 5.88 Å². The number of nitrogens with zero attached hydrogens (tertiary/aromatic N) is 1. The summed E-state index contributed by atoms with van der Waals surface area (Å²) in [6.07, 6.45) is 5.06. The van der Waals surface area contributed by atoms with Gasteiger partial charge in [0.1, 0.15) is 10.6 Å². The number of esters is 1.